The minimum absolute atomic E-state index is 0.482. The number of nitrogens with two attached hydrogens (primary N) is 1. The van der Waals surface area contributed by atoms with E-state index in [2.05, 4.69) is 6.92 Å². The smallest absolute Gasteiger partial charge is 0.123 e. The van der Waals surface area contributed by atoms with Crippen molar-refractivity contribution in [3.05, 3.63) is 29.3 Å². The molecule has 0 atom stereocenters. The molecule has 0 saturated heterocycles. The second-order valence-electron chi connectivity index (χ2n) is 4.37. The van der Waals surface area contributed by atoms with Gasteiger partial charge in [0.2, 0.25) is 0 Å². The van der Waals surface area contributed by atoms with Crippen LogP contribution in [0.2, 0.25) is 0 Å². The zero-order chi connectivity index (χ0) is 13.9. The monoisotopic (exact) mass is 267 g/mol. The summed E-state index contributed by atoms with van der Waals surface area (Å²) in [6.45, 7) is 5.29. The maximum absolute atomic E-state index is 5.63. The quantitative estimate of drug-likeness (QED) is 0.662. The summed E-state index contributed by atoms with van der Waals surface area (Å²) in [6.07, 6.45) is 2.27. The molecule has 19 heavy (non-hydrogen) atoms. The van der Waals surface area contributed by atoms with Crippen LogP contribution in [-0.4, -0.2) is 26.9 Å². The lowest BCUT2D eigenvalue weighted by Crippen LogP contribution is -2.06. The number of hydrogen-bond acceptors (Lipinski definition) is 4. The summed E-state index contributed by atoms with van der Waals surface area (Å²) in [5.41, 5.74) is 7.72. The summed E-state index contributed by atoms with van der Waals surface area (Å²) in [5, 5.41) is 0. The van der Waals surface area contributed by atoms with E-state index in [4.69, 9.17) is 19.9 Å². The molecule has 4 nitrogen and oxygen atoms in total. The first-order chi connectivity index (χ1) is 9.31. The van der Waals surface area contributed by atoms with E-state index in [0.717, 1.165) is 36.3 Å². The van der Waals surface area contributed by atoms with Crippen LogP contribution < -0.4 is 10.5 Å². The Morgan fingerprint density at radius 3 is 2.58 bits per heavy atom. The van der Waals surface area contributed by atoms with Crippen LogP contribution in [0.25, 0.3) is 0 Å². The molecule has 1 rings (SSSR count). The summed E-state index contributed by atoms with van der Waals surface area (Å²) in [6, 6.07) is 5.97. The van der Waals surface area contributed by atoms with Crippen LogP contribution in [0.5, 0.6) is 5.75 Å². The molecule has 0 aromatic heterocycles. The van der Waals surface area contributed by atoms with Crippen molar-refractivity contribution in [1.29, 1.82) is 0 Å². The van der Waals surface area contributed by atoms with Gasteiger partial charge in [-0.2, -0.15) is 0 Å². The van der Waals surface area contributed by atoms with Gasteiger partial charge in [0.15, 0.2) is 0 Å². The highest BCUT2D eigenvalue weighted by Crippen LogP contribution is 2.20. The third-order valence-corrected chi connectivity index (χ3v) is 2.85. The molecule has 108 valence electrons. The highest BCUT2D eigenvalue weighted by Gasteiger charge is 2.03. The lowest BCUT2D eigenvalue weighted by Gasteiger charge is -2.10. The predicted molar refractivity (Wildman–Crippen MR) is 76.3 cm³/mol. The first-order valence-electron chi connectivity index (χ1n) is 6.83. The molecule has 0 heterocycles. The SMILES string of the molecule is CCCCOCCOCc1ccc(CN)c(OC)c1. The normalized spacial score (nSPS) is 10.7. The number of hydrogen-bond donors (Lipinski definition) is 1. The first-order valence-corrected chi connectivity index (χ1v) is 6.83. The molecule has 4 heteroatoms. The zero-order valence-electron chi connectivity index (χ0n) is 12.0. The van der Waals surface area contributed by atoms with Gasteiger partial charge in [-0.3, -0.25) is 0 Å². The van der Waals surface area contributed by atoms with Crippen LogP contribution in [-0.2, 0) is 22.6 Å². The van der Waals surface area contributed by atoms with Crippen molar-refractivity contribution >= 4 is 0 Å². The van der Waals surface area contributed by atoms with Crippen LogP contribution >= 0.6 is 0 Å². The average molecular weight is 267 g/mol. The minimum Gasteiger partial charge on any atom is -0.496 e. The second-order valence-corrected chi connectivity index (χ2v) is 4.37. The van der Waals surface area contributed by atoms with Crippen LogP contribution in [0.15, 0.2) is 18.2 Å². The molecule has 0 amide bonds. The number of methoxy groups -OCH3 is 1. The maximum Gasteiger partial charge on any atom is 0.123 e. The van der Waals surface area contributed by atoms with Crippen molar-refractivity contribution in [3.63, 3.8) is 0 Å². The Morgan fingerprint density at radius 1 is 1.11 bits per heavy atom. The molecule has 0 bridgehead atoms. The molecule has 1 aromatic rings. The van der Waals surface area contributed by atoms with Crippen molar-refractivity contribution in [3.8, 4) is 5.75 Å². The third-order valence-electron chi connectivity index (χ3n) is 2.85. The van der Waals surface area contributed by atoms with Crippen molar-refractivity contribution in [2.75, 3.05) is 26.9 Å². The van der Waals surface area contributed by atoms with E-state index >= 15 is 0 Å². The number of ether oxygens (including phenoxy) is 3. The molecule has 0 unspecified atom stereocenters. The molecule has 0 aliphatic rings. The van der Waals surface area contributed by atoms with Gasteiger partial charge in [0.25, 0.3) is 0 Å². The number of benzene rings is 1. The Bertz CT molecular complexity index is 355. The van der Waals surface area contributed by atoms with Gasteiger partial charge in [-0.25, -0.2) is 0 Å². The van der Waals surface area contributed by atoms with Crippen molar-refractivity contribution < 1.29 is 14.2 Å². The molecule has 0 radical (unpaired) electrons. The van der Waals surface area contributed by atoms with Crippen molar-refractivity contribution in [1.82, 2.24) is 0 Å². The summed E-state index contributed by atoms with van der Waals surface area (Å²) in [7, 11) is 1.65. The summed E-state index contributed by atoms with van der Waals surface area (Å²) in [5.74, 6) is 0.822. The average Bonchev–Trinajstić information content (AvgIpc) is 2.46. The van der Waals surface area contributed by atoms with Gasteiger partial charge >= 0.3 is 0 Å². The van der Waals surface area contributed by atoms with Gasteiger partial charge in [0.1, 0.15) is 5.75 Å². The van der Waals surface area contributed by atoms with Crippen molar-refractivity contribution in [2.24, 2.45) is 5.73 Å². The van der Waals surface area contributed by atoms with E-state index in [1.165, 1.54) is 0 Å². The lowest BCUT2D eigenvalue weighted by molar-refractivity contribution is 0.0396. The summed E-state index contributed by atoms with van der Waals surface area (Å²) in [4.78, 5) is 0. The highest BCUT2D eigenvalue weighted by atomic mass is 16.5. The number of unbranched alkanes of at least 4 members (excludes halogenated alkanes) is 1. The van der Waals surface area contributed by atoms with E-state index in [1.807, 2.05) is 18.2 Å². The van der Waals surface area contributed by atoms with Crippen molar-refractivity contribution in [2.45, 2.75) is 32.9 Å². The molecular formula is C15H25NO3. The van der Waals surface area contributed by atoms with Gasteiger partial charge in [-0.1, -0.05) is 25.5 Å². The largest absolute Gasteiger partial charge is 0.496 e. The molecule has 1 aromatic carbocycles. The van der Waals surface area contributed by atoms with Crippen LogP contribution in [0, 0.1) is 0 Å². The van der Waals surface area contributed by atoms with Gasteiger partial charge in [-0.05, 0) is 18.1 Å². The van der Waals surface area contributed by atoms with E-state index in [0.29, 0.717) is 26.4 Å². The topological polar surface area (TPSA) is 53.7 Å². The van der Waals surface area contributed by atoms with Gasteiger partial charge < -0.3 is 19.9 Å². The molecule has 2 N–H and O–H groups in total. The van der Waals surface area contributed by atoms with Gasteiger partial charge in [0, 0.05) is 18.7 Å². The van der Waals surface area contributed by atoms with E-state index in [1.54, 1.807) is 7.11 Å². The highest BCUT2D eigenvalue weighted by molar-refractivity contribution is 5.37. The summed E-state index contributed by atoms with van der Waals surface area (Å²) < 4.78 is 16.3. The van der Waals surface area contributed by atoms with Crippen LogP contribution in [0.3, 0.4) is 0 Å². The Morgan fingerprint density at radius 2 is 1.89 bits per heavy atom. The Hall–Kier alpha value is -1.10. The molecule has 0 spiro atoms. The van der Waals surface area contributed by atoms with E-state index < -0.39 is 0 Å². The first kappa shape index (κ1) is 16.0. The molecule has 0 fully saturated rings. The molecule has 0 saturated carbocycles. The standard InChI is InChI=1S/C15H25NO3/c1-3-4-7-18-8-9-19-12-13-5-6-14(11-16)15(10-13)17-2/h5-6,10H,3-4,7-9,11-12,16H2,1-2H3. The van der Waals surface area contributed by atoms with Crippen LogP contribution in [0.4, 0.5) is 0 Å². The predicted octanol–water partition coefficient (Wildman–Crippen LogP) is 2.49. The Kier molecular flexibility index (Phi) is 8.21. The van der Waals surface area contributed by atoms with E-state index in [-0.39, 0.29) is 0 Å². The second kappa shape index (κ2) is 9.78. The fourth-order valence-corrected chi connectivity index (χ4v) is 1.70. The molecular weight excluding hydrogens is 242 g/mol. The fraction of sp³-hybridized carbons (Fsp3) is 0.600. The maximum atomic E-state index is 5.63. The molecule has 0 aliphatic carbocycles. The number of rotatable bonds is 10. The summed E-state index contributed by atoms with van der Waals surface area (Å²) >= 11 is 0. The Labute approximate surface area is 115 Å². The lowest BCUT2D eigenvalue weighted by atomic mass is 10.1. The Balaban J connectivity index is 2.26. The van der Waals surface area contributed by atoms with Crippen LogP contribution in [0.1, 0.15) is 30.9 Å². The van der Waals surface area contributed by atoms with Gasteiger partial charge in [0.05, 0.1) is 26.9 Å². The fourth-order valence-electron chi connectivity index (χ4n) is 1.70. The zero-order valence-corrected chi connectivity index (χ0v) is 12.0. The minimum atomic E-state index is 0.482. The van der Waals surface area contributed by atoms with Gasteiger partial charge in [-0.15, -0.1) is 0 Å². The third kappa shape index (κ3) is 6.05. The van der Waals surface area contributed by atoms with E-state index in [9.17, 15) is 0 Å². The molecule has 0 aliphatic heterocycles.